The van der Waals surface area contributed by atoms with Gasteiger partial charge in [-0.2, -0.15) is 0 Å². The molecular weight excluding hydrogens is 364 g/mol. The maximum atomic E-state index is 12.8. The number of nitrogens with zero attached hydrogens (tertiary/aromatic N) is 1. The first kappa shape index (κ1) is 21.9. The molecule has 0 fully saturated rings. The molecule has 5 nitrogen and oxygen atoms in total. The van der Waals surface area contributed by atoms with E-state index in [1.807, 2.05) is 79.0 Å². The van der Waals surface area contributed by atoms with Crippen LogP contribution in [0.25, 0.3) is 32.8 Å². The third-order valence-corrected chi connectivity index (χ3v) is 4.13. The summed E-state index contributed by atoms with van der Waals surface area (Å²) >= 11 is 0. The van der Waals surface area contributed by atoms with Crippen LogP contribution in [0.5, 0.6) is 0 Å². The molecule has 5 heteroatoms. The average molecular weight is 388 g/mol. The number of ether oxygens (including phenoxy) is 1. The van der Waals surface area contributed by atoms with Gasteiger partial charge in [0.25, 0.3) is 0 Å². The zero-order chi connectivity index (χ0) is 21.1. The fourth-order valence-electron chi connectivity index (χ4n) is 2.81. The number of rotatable bonds is 3. The van der Waals surface area contributed by atoms with Gasteiger partial charge in [-0.15, -0.1) is 0 Å². The molecule has 3 aromatic carbocycles. The molecule has 0 atom stereocenters. The summed E-state index contributed by atoms with van der Waals surface area (Å²) in [6.45, 7) is 0.208. The molecule has 0 aliphatic carbocycles. The molecule has 0 saturated heterocycles. The molecule has 0 bridgehead atoms. The highest BCUT2D eigenvalue weighted by atomic mass is 16.5. The SMILES string of the molecule is CN.COCC=O.O=c1c2ccccc2ccc2ncc(-c3ccccc3)cc12. The molecule has 4 rings (SSSR count). The summed E-state index contributed by atoms with van der Waals surface area (Å²) < 4.78 is 4.32. The fraction of sp³-hybridized carbons (Fsp3) is 0.125. The molecule has 29 heavy (non-hydrogen) atoms. The lowest BCUT2D eigenvalue weighted by Crippen LogP contribution is -1.99. The van der Waals surface area contributed by atoms with Gasteiger partial charge in [0.1, 0.15) is 12.9 Å². The van der Waals surface area contributed by atoms with E-state index >= 15 is 0 Å². The molecule has 148 valence electrons. The molecule has 0 aliphatic heterocycles. The molecule has 0 unspecified atom stereocenters. The summed E-state index contributed by atoms with van der Waals surface area (Å²) in [5.41, 5.74) is 7.27. The van der Waals surface area contributed by atoms with Crippen LogP contribution < -0.4 is 11.2 Å². The second-order valence-corrected chi connectivity index (χ2v) is 5.89. The predicted octanol–water partition coefficient (Wildman–Crippen LogP) is 3.82. The van der Waals surface area contributed by atoms with E-state index in [1.165, 1.54) is 14.2 Å². The van der Waals surface area contributed by atoms with Crippen LogP contribution in [0, 0.1) is 0 Å². The first-order valence-electron chi connectivity index (χ1n) is 9.12. The Hall–Kier alpha value is -3.41. The molecule has 0 saturated carbocycles. The first-order chi connectivity index (χ1) is 14.2. The van der Waals surface area contributed by atoms with Gasteiger partial charge in [0.2, 0.25) is 0 Å². The standard InChI is InChI=1S/C20H13NO.C3H6O2.CH5N/c22-20-17-9-5-4-8-15(17)10-11-19-18(20)12-16(13-21-19)14-6-2-1-3-7-14;1-5-3-2-4;1-2/h1-13H;2H,3H2,1H3;2H2,1H3. The van der Waals surface area contributed by atoms with Crippen molar-refractivity contribution < 1.29 is 9.53 Å². The van der Waals surface area contributed by atoms with Gasteiger partial charge in [-0.1, -0.05) is 60.7 Å². The minimum atomic E-state index is 0.0286. The summed E-state index contributed by atoms with van der Waals surface area (Å²) in [5.74, 6) is 0. The highest BCUT2D eigenvalue weighted by Crippen LogP contribution is 2.21. The van der Waals surface area contributed by atoms with Crippen LogP contribution in [-0.4, -0.2) is 32.0 Å². The topological polar surface area (TPSA) is 82.3 Å². The maximum Gasteiger partial charge on any atom is 0.195 e. The van der Waals surface area contributed by atoms with Crippen LogP contribution in [0.15, 0.2) is 83.8 Å². The second kappa shape index (κ2) is 11.4. The summed E-state index contributed by atoms with van der Waals surface area (Å²) in [5, 5.41) is 2.32. The van der Waals surface area contributed by atoms with Gasteiger partial charge in [0.15, 0.2) is 5.43 Å². The van der Waals surface area contributed by atoms with Crippen molar-refractivity contribution in [1.82, 2.24) is 4.98 Å². The number of carbonyl (C=O) groups excluding carboxylic acids is 1. The van der Waals surface area contributed by atoms with Crippen LogP contribution in [0.4, 0.5) is 0 Å². The quantitative estimate of drug-likeness (QED) is 0.540. The van der Waals surface area contributed by atoms with Crippen molar-refractivity contribution in [3.63, 3.8) is 0 Å². The summed E-state index contributed by atoms with van der Waals surface area (Å²) in [6, 6.07) is 23.4. The van der Waals surface area contributed by atoms with Crippen LogP contribution in [0.1, 0.15) is 0 Å². The van der Waals surface area contributed by atoms with Crippen LogP contribution in [0.2, 0.25) is 0 Å². The minimum absolute atomic E-state index is 0.0286. The number of benzene rings is 2. The second-order valence-electron chi connectivity index (χ2n) is 5.89. The number of fused-ring (bicyclic) bond motifs is 2. The molecule has 0 aliphatic rings. The van der Waals surface area contributed by atoms with Crippen molar-refractivity contribution >= 4 is 28.0 Å². The number of methoxy groups -OCH3 is 1. The number of hydrogen-bond acceptors (Lipinski definition) is 5. The third-order valence-electron chi connectivity index (χ3n) is 4.13. The number of nitrogens with two attached hydrogens (primary N) is 1. The van der Waals surface area contributed by atoms with E-state index in [0.717, 1.165) is 27.4 Å². The Balaban J connectivity index is 0.000000378. The zero-order valence-corrected chi connectivity index (χ0v) is 16.5. The Labute approximate surface area is 169 Å². The molecule has 2 N–H and O–H groups in total. The van der Waals surface area contributed by atoms with Crippen molar-refractivity contribution in [1.29, 1.82) is 0 Å². The van der Waals surface area contributed by atoms with Gasteiger partial charge in [-0.3, -0.25) is 9.78 Å². The smallest absolute Gasteiger partial charge is 0.195 e. The Morgan fingerprint density at radius 3 is 2.24 bits per heavy atom. The van der Waals surface area contributed by atoms with Gasteiger partial charge in [-0.25, -0.2) is 0 Å². The van der Waals surface area contributed by atoms with Crippen molar-refractivity contribution in [3.05, 3.63) is 89.2 Å². The average Bonchev–Trinajstić information content (AvgIpc) is 2.93. The van der Waals surface area contributed by atoms with Gasteiger partial charge in [-0.05, 0) is 30.1 Å². The number of aromatic nitrogens is 1. The van der Waals surface area contributed by atoms with Crippen LogP contribution in [-0.2, 0) is 9.53 Å². The number of aldehydes is 1. The van der Waals surface area contributed by atoms with Crippen molar-refractivity contribution in [2.75, 3.05) is 20.8 Å². The molecule has 1 heterocycles. The van der Waals surface area contributed by atoms with Crippen molar-refractivity contribution in [2.45, 2.75) is 0 Å². The van der Waals surface area contributed by atoms with E-state index in [-0.39, 0.29) is 12.0 Å². The van der Waals surface area contributed by atoms with E-state index in [4.69, 9.17) is 0 Å². The largest absolute Gasteiger partial charge is 0.377 e. The van der Waals surface area contributed by atoms with E-state index in [1.54, 1.807) is 0 Å². The Bertz CT molecular complexity index is 1130. The highest BCUT2D eigenvalue weighted by Gasteiger charge is 2.05. The Kier molecular flexibility index (Phi) is 8.63. The van der Waals surface area contributed by atoms with Gasteiger partial charge in [0.05, 0.1) is 5.52 Å². The van der Waals surface area contributed by atoms with Crippen LogP contribution in [0.3, 0.4) is 0 Å². The first-order valence-corrected chi connectivity index (χ1v) is 9.12. The molecular formula is C24H24N2O3. The normalized spacial score (nSPS) is 9.76. The van der Waals surface area contributed by atoms with E-state index in [0.29, 0.717) is 11.7 Å². The molecule has 0 amide bonds. The summed E-state index contributed by atoms with van der Waals surface area (Å²) in [7, 11) is 2.98. The molecule has 0 radical (unpaired) electrons. The minimum Gasteiger partial charge on any atom is -0.377 e. The number of pyridine rings is 1. The lowest BCUT2D eigenvalue weighted by molar-refractivity contribution is -0.110. The molecule has 4 aromatic rings. The van der Waals surface area contributed by atoms with Crippen LogP contribution >= 0.6 is 0 Å². The van der Waals surface area contributed by atoms with E-state index in [9.17, 15) is 9.59 Å². The highest BCUT2D eigenvalue weighted by molar-refractivity contribution is 5.93. The van der Waals surface area contributed by atoms with Gasteiger partial charge >= 0.3 is 0 Å². The Morgan fingerprint density at radius 1 is 0.897 bits per heavy atom. The Morgan fingerprint density at radius 2 is 1.59 bits per heavy atom. The van der Waals surface area contributed by atoms with E-state index in [2.05, 4.69) is 15.5 Å². The summed E-state index contributed by atoms with van der Waals surface area (Å²) in [6.07, 6.45) is 2.53. The lowest BCUT2D eigenvalue weighted by Gasteiger charge is -2.01. The van der Waals surface area contributed by atoms with Crippen molar-refractivity contribution in [2.24, 2.45) is 5.73 Å². The molecule has 0 spiro atoms. The lowest BCUT2D eigenvalue weighted by atomic mass is 10.1. The number of carbonyl (C=O) groups is 1. The maximum absolute atomic E-state index is 12.8. The predicted molar refractivity (Wildman–Crippen MR) is 119 cm³/mol. The summed E-state index contributed by atoms with van der Waals surface area (Å²) in [4.78, 5) is 26.6. The van der Waals surface area contributed by atoms with E-state index < -0.39 is 0 Å². The van der Waals surface area contributed by atoms with Gasteiger partial charge < -0.3 is 15.3 Å². The third kappa shape index (κ3) is 5.54. The monoisotopic (exact) mass is 388 g/mol. The number of hydrogen-bond donors (Lipinski definition) is 1. The van der Waals surface area contributed by atoms with Gasteiger partial charge in [0, 0.05) is 29.6 Å². The van der Waals surface area contributed by atoms with Crippen molar-refractivity contribution in [3.8, 4) is 11.1 Å². The zero-order valence-electron chi connectivity index (χ0n) is 16.5. The molecule has 1 aromatic heterocycles. The fourth-order valence-corrected chi connectivity index (χ4v) is 2.81.